The number of alkyl halides is 2. The summed E-state index contributed by atoms with van der Waals surface area (Å²) in [4.78, 5) is 16.8. The molecule has 1 aromatic rings. The van der Waals surface area contributed by atoms with Gasteiger partial charge in [0.25, 0.3) is 0 Å². The summed E-state index contributed by atoms with van der Waals surface area (Å²) in [5.74, 6) is -0.993. The van der Waals surface area contributed by atoms with Crippen LogP contribution < -0.4 is 9.80 Å². The molecule has 0 amide bonds. The lowest BCUT2D eigenvalue weighted by Gasteiger charge is -2.35. The molecule has 112 valence electrons. The van der Waals surface area contributed by atoms with Gasteiger partial charge in [0, 0.05) is 25.4 Å². The maximum absolute atomic E-state index is 13.4. The monoisotopic (exact) mass is 313 g/mol. The minimum atomic E-state index is -2.53. The Morgan fingerprint density at radius 2 is 2.05 bits per heavy atom. The van der Waals surface area contributed by atoms with E-state index < -0.39 is 5.92 Å². The van der Waals surface area contributed by atoms with Crippen LogP contribution in [0.4, 0.5) is 20.3 Å². The molecule has 1 aromatic heterocycles. The molecule has 0 aromatic carbocycles. The molecule has 0 N–H and O–H groups in total. The molecule has 0 bridgehead atoms. The normalized spacial score (nSPS) is 24.0. The van der Waals surface area contributed by atoms with Gasteiger partial charge in [-0.15, -0.1) is 0 Å². The summed E-state index contributed by atoms with van der Waals surface area (Å²) in [6, 6.07) is 0.0231. The van der Waals surface area contributed by atoms with Gasteiger partial charge in [0.1, 0.15) is 5.69 Å². The predicted octanol–water partition coefficient (Wildman–Crippen LogP) is 2.70. The summed E-state index contributed by atoms with van der Waals surface area (Å²) in [6.45, 7) is 1.44. The summed E-state index contributed by atoms with van der Waals surface area (Å²) >= 11 is 5.88. The Balaban J connectivity index is 1.69. The minimum absolute atomic E-state index is 0.0231. The number of aromatic nitrogens is 2. The molecule has 21 heavy (non-hydrogen) atoms. The van der Waals surface area contributed by atoms with Crippen molar-refractivity contribution in [1.82, 2.24) is 9.97 Å². The first-order valence-electron chi connectivity index (χ1n) is 7.07. The fourth-order valence-electron chi connectivity index (χ4n) is 3.31. The molecule has 1 fully saturated rings. The number of aliphatic imine (C=N–C) groups is 1. The average molecular weight is 314 g/mol. The average Bonchev–Trinajstić information content (AvgIpc) is 3.00. The summed E-state index contributed by atoms with van der Waals surface area (Å²) in [5.41, 5.74) is 0.827. The first-order valence-corrected chi connectivity index (χ1v) is 7.44. The van der Waals surface area contributed by atoms with Crippen LogP contribution in [0.3, 0.4) is 0 Å². The number of anilines is 2. The number of hydrogen-bond donors (Lipinski definition) is 0. The van der Waals surface area contributed by atoms with E-state index in [0.717, 1.165) is 24.0 Å². The number of hydrogen-bond acceptors (Lipinski definition) is 5. The number of guanidine groups is 1. The van der Waals surface area contributed by atoms with E-state index >= 15 is 0 Å². The largest absolute Gasteiger partial charge is 0.304 e. The molecule has 0 spiro atoms. The molecule has 0 unspecified atom stereocenters. The molecule has 2 aliphatic heterocycles. The topological polar surface area (TPSA) is 44.6 Å². The highest BCUT2D eigenvalue weighted by atomic mass is 35.5. The third-order valence-corrected chi connectivity index (χ3v) is 4.50. The first kappa shape index (κ1) is 13.2. The molecule has 3 heterocycles. The SMILES string of the molecule is FC1(F)CCC(N2C3=NCCN3c3nc(Cl)ncc32)CC1. The Bertz CT molecular complexity index is 611. The third-order valence-electron chi connectivity index (χ3n) is 4.32. The van der Waals surface area contributed by atoms with Crippen LogP contribution in [0.1, 0.15) is 25.7 Å². The third kappa shape index (κ3) is 2.06. The second kappa shape index (κ2) is 4.50. The first-order chi connectivity index (χ1) is 10.1. The zero-order valence-corrected chi connectivity index (χ0v) is 12.0. The second-order valence-corrected chi connectivity index (χ2v) is 5.98. The molecule has 3 aliphatic rings. The maximum Gasteiger partial charge on any atom is 0.248 e. The van der Waals surface area contributed by atoms with Gasteiger partial charge < -0.3 is 4.90 Å². The summed E-state index contributed by atoms with van der Waals surface area (Å²) < 4.78 is 26.8. The van der Waals surface area contributed by atoms with Crippen molar-refractivity contribution in [3.8, 4) is 0 Å². The summed E-state index contributed by atoms with van der Waals surface area (Å²) in [6.07, 6.45) is 2.40. The van der Waals surface area contributed by atoms with Crippen LogP contribution in [-0.4, -0.2) is 41.0 Å². The van der Waals surface area contributed by atoms with Crippen LogP contribution in [0, 0.1) is 0 Å². The van der Waals surface area contributed by atoms with Crippen LogP contribution in [0.2, 0.25) is 5.28 Å². The van der Waals surface area contributed by atoms with Crippen molar-refractivity contribution >= 4 is 29.1 Å². The number of fused-ring (bicyclic) bond motifs is 3. The highest BCUT2D eigenvalue weighted by Gasteiger charge is 2.44. The van der Waals surface area contributed by atoms with E-state index in [1.54, 1.807) is 6.20 Å². The van der Waals surface area contributed by atoms with Crippen molar-refractivity contribution < 1.29 is 8.78 Å². The number of halogens is 3. The van der Waals surface area contributed by atoms with Gasteiger partial charge in [-0.2, -0.15) is 4.98 Å². The van der Waals surface area contributed by atoms with E-state index in [-0.39, 0.29) is 24.2 Å². The Morgan fingerprint density at radius 1 is 1.29 bits per heavy atom. The summed E-state index contributed by atoms with van der Waals surface area (Å²) in [7, 11) is 0. The fourth-order valence-corrected chi connectivity index (χ4v) is 3.44. The standard InChI is InChI=1S/C13H14ClF2N5/c14-11-18-7-9-10(19-11)20-6-5-17-12(20)21(9)8-1-3-13(15,16)4-2-8/h7-8H,1-6H2. The van der Waals surface area contributed by atoms with Gasteiger partial charge in [-0.3, -0.25) is 9.89 Å². The van der Waals surface area contributed by atoms with Crippen molar-refractivity contribution in [2.45, 2.75) is 37.6 Å². The molecule has 4 rings (SSSR count). The van der Waals surface area contributed by atoms with E-state index in [9.17, 15) is 8.78 Å². The quantitative estimate of drug-likeness (QED) is 0.748. The van der Waals surface area contributed by atoms with E-state index in [2.05, 4.69) is 15.0 Å². The molecule has 5 nitrogen and oxygen atoms in total. The Labute approximate surface area is 125 Å². The van der Waals surface area contributed by atoms with Gasteiger partial charge in [-0.25, -0.2) is 13.8 Å². The van der Waals surface area contributed by atoms with Crippen LogP contribution in [0.25, 0.3) is 0 Å². The van der Waals surface area contributed by atoms with E-state index in [1.165, 1.54) is 0 Å². The fraction of sp³-hybridized carbons (Fsp3) is 0.615. The lowest BCUT2D eigenvalue weighted by atomic mass is 9.91. The van der Waals surface area contributed by atoms with Crippen molar-refractivity contribution in [2.75, 3.05) is 22.9 Å². The van der Waals surface area contributed by atoms with E-state index in [0.29, 0.717) is 19.4 Å². The summed E-state index contributed by atoms with van der Waals surface area (Å²) in [5, 5.41) is 0.192. The van der Waals surface area contributed by atoms with Crippen molar-refractivity contribution in [1.29, 1.82) is 0 Å². The second-order valence-electron chi connectivity index (χ2n) is 5.64. The van der Waals surface area contributed by atoms with Crippen LogP contribution in [-0.2, 0) is 0 Å². The molecular weight excluding hydrogens is 300 g/mol. The van der Waals surface area contributed by atoms with Gasteiger partial charge in [0.05, 0.1) is 12.7 Å². The van der Waals surface area contributed by atoms with Gasteiger partial charge in [-0.1, -0.05) is 0 Å². The lowest BCUT2D eigenvalue weighted by molar-refractivity contribution is -0.0372. The molecule has 0 atom stereocenters. The Kier molecular flexibility index (Phi) is 2.82. The molecule has 1 saturated carbocycles. The van der Waals surface area contributed by atoms with Gasteiger partial charge >= 0.3 is 0 Å². The van der Waals surface area contributed by atoms with Gasteiger partial charge in [0.2, 0.25) is 17.2 Å². The van der Waals surface area contributed by atoms with E-state index in [1.807, 2.05) is 9.80 Å². The number of rotatable bonds is 1. The van der Waals surface area contributed by atoms with E-state index in [4.69, 9.17) is 11.6 Å². The Morgan fingerprint density at radius 3 is 2.81 bits per heavy atom. The predicted molar refractivity (Wildman–Crippen MR) is 76.4 cm³/mol. The van der Waals surface area contributed by atoms with Gasteiger partial charge in [-0.05, 0) is 24.4 Å². The molecule has 0 radical (unpaired) electrons. The highest BCUT2D eigenvalue weighted by Crippen LogP contribution is 2.43. The maximum atomic E-state index is 13.4. The smallest absolute Gasteiger partial charge is 0.248 e. The van der Waals surface area contributed by atoms with Crippen LogP contribution >= 0.6 is 11.6 Å². The van der Waals surface area contributed by atoms with Crippen LogP contribution in [0.15, 0.2) is 11.2 Å². The van der Waals surface area contributed by atoms with Crippen LogP contribution in [0.5, 0.6) is 0 Å². The minimum Gasteiger partial charge on any atom is -0.304 e. The zero-order valence-electron chi connectivity index (χ0n) is 11.3. The zero-order chi connectivity index (χ0) is 14.6. The molecular formula is C13H14ClF2N5. The van der Waals surface area contributed by atoms with Crippen molar-refractivity contribution in [3.05, 3.63) is 11.5 Å². The molecule has 1 aliphatic carbocycles. The molecule has 8 heteroatoms. The Hall–Kier alpha value is -1.50. The van der Waals surface area contributed by atoms with Crippen molar-refractivity contribution in [3.63, 3.8) is 0 Å². The molecule has 0 saturated heterocycles. The van der Waals surface area contributed by atoms with Gasteiger partial charge in [0.15, 0.2) is 5.82 Å². The lowest BCUT2D eigenvalue weighted by Crippen LogP contribution is -2.45. The van der Waals surface area contributed by atoms with Crippen molar-refractivity contribution in [2.24, 2.45) is 4.99 Å². The number of nitrogens with zero attached hydrogens (tertiary/aromatic N) is 5. The highest BCUT2D eigenvalue weighted by molar-refractivity contribution is 6.28.